The predicted molar refractivity (Wildman–Crippen MR) is 41.4 cm³/mol. The molecule has 0 spiro atoms. The van der Waals surface area contributed by atoms with Gasteiger partial charge in [0.15, 0.2) is 5.65 Å². The van der Waals surface area contributed by atoms with Gasteiger partial charge in [-0.3, -0.25) is 0 Å². The van der Waals surface area contributed by atoms with Gasteiger partial charge < -0.3 is 4.98 Å². The number of alkyl halides is 3. The van der Waals surface area contributed by atoms with Crippen LogP contribution in [0.3, 0.4) is 0 Å². The van der Waals surface area contributed by atoms with E-state index in [1.807, 2.05) is 0 Å². The molecule has 0 aliphatic heterocycles. The largest absolute Gasteiger partial charge is 0.451 e. The molecule has 4 nitrogen and oxygen atoms in total. The highest BCUT2D eigenvalue weighted by Gasteiger charge is 2.34. The number of nitrogens with zero attached hydrogens (tertiary/aromatic N) is 3. The molecule has 74 valence electrons. The van der Waals surface area contributed by atoms with E-state index in [2.05, 4.69) is 19.9 Å². The minimum atomic E-state index is -4.52. The predicted octanol–water partition coefficient (Wildman–Crippen LogP) is 1.68. The van der Waals surface area contributed by atoms with E-state index < -0.39 is 12.0 Å². The molecule has 7 heteroatoms. The topological polar surface area (TPSA) is 54.5 Å². The number of rotatable bonds is 0. The Labute approximate surface area is 76.2 Å². The lowest BCUT2D eigenvalue weighted by molar-refractivity contribution is -0.144. The number of aryl methyl sites for hydroxylation is 1. The molecule has 0 aliphatic carbocycles. The summed E-state index contributed by atoms with van der Waals surface area (Å²) in [6.07, 6.45) is -3.47. The number of aromatic nitrogens is 4. The molecule has 2 heterocycles. The van der Waals surface area contributed by atoms with Crippen molar-refractivity contribution in [1.82, 2.24) is 19.9 Å². The van der Waals surface area contributed by atoms with Crippen LogP contribution in [-0.4, -0.2) is 19.9 Å². The lowest BCUT2D eigenvalue weighted by Crippen LogP contribution is -2.10. The summed E-state index contributed by atoms with van der Waals surface area (Å²) in [6.45, 7) is 1.63. The third kappa shape index (κ3) is 1.40. The van der Waals surface area contributed by atoms with Crippen molar-refractivity contribution in [3.8, 4) is 0 Å². The number of halogens is 3. The van der Waals surface area contributed by atoms with Crippen LogP contribution < -0.4 is 0 Å². The monoisotopic (exact) mass is 202 g/mol. The Hall–Kier alpha value is -1.66. The lowest BCUT2D eigenvalue weighted by Gasteiger charge is -2.02. The molecule has 0 fully saturated rings. The zero-order valence-corrected chi connectivity index (χ0v) is 7.05. The lowest BCUT2D eigenvalue weighted by atomic mass is 10.5. The van der Waals surface area contributed by atoms with Crippen molar-refractivity contribution in [1.29, 1.82) is 0 Å². The number of fused-ring (bicyclic) bond motifs is 1. The van der Waals surface area contributed by atoms with Gasteiger partial charge in [-0.25, -0.2) is 15.0 Å². The van der Waals surface area contributed by atoms with Crippen LogP contribution in [0.4, 0.5) is 13.2 Å². The summed E-state index contributed by atoms with van der Waals surface area (Å²) in [5.41, 5.74) is 0.431. The molecule has 0 unspecified atom stereocenters. The van der Waals surface area contributed by atoms with E-state index >= 15 is 0 Å². The second-order valence-electron chi connectivity index (χ2n) is 2.75. The maximum absolute atomic E-state index is 12.2. The van der Waals surface area contributed by atoms with Crippen LogP contribution in [0, 0.1) is 6.92 Å². The molecule has 0 aliphatic rings. The van der Waals surface area contributed by atoms with Gasteiger partial charge >= 0.3 is 6.18 Å². The van der Waals surface area contributed by atoms with Crippen LogP contribution in [0.2, 0.25) is 0 Å². The summed E-state index contributed by atoms with van der Waals surface area (Å²) in [6, 6.07) is 0. The molecule has 1 N–H and O–H groups in total. The van der Waals surface area contributed by atoms with Crippen molar-refractivity contribution < 1.29 is 13.2 Å². The molecule has 0 amide bonds. The Bertz CT molecular complexity index is 473. The van der Waals surface area contributed by atoms with Gasteiger partial charge in [0.25, 0.3) is 0 Å². The fraction of sp³-hybridized carbons (Fsp3) is 0.286. The number of hydrogen-bond donors (Lipinski definition) is 1. The van der Waals surface area contributed by atoms with E-state index in [1.165, 1.54) is 0 Å². The van der Waals surface area contributed by atoms with Crippen molar-refractivity contribution in [2.24, 2.45) is 0 Å². The van der Waals surface area contributed by atoms with Crippen molar-refractivity contribution in [3.63, 3.8) is 0 Å². The second kappa shape index (κ2) is 2.66. The third-order valence-electron chi connectivity index (χ3n) is 1.61. The standard InChI is InChI=1S/C7H5F3N4/c1-3-12-4-2-11-6(7(8,9)10)14-5(4)13-3/h2H,1H3,(H,11,12,13,14). The summed E-state index contributed by atoms with van der Waals surface area (Å²) in [4.78, 5) is 13.0. The minimum absolute atomic E-state index is 0.102. The van der Waals surface area contributed by atoms with E-state index in [-0.39, 0.29) is 5.65 Å². The van der Waals surface area contributed by atoms with Crippen molar-refractivity contribution in [3.05, 3.63) is 17.8 Å². The first-order chi connectivity index (χ1) is 6.47. The van der Waals surface area contributed by atoms with Gasteiger partial charge in [-0.15, -0.1) is 0 Å². The molecule has 0 bridgehead atoms. The zero-order chi connectivity index (χ0) is 10.3. The van der Waals surface area contributed by atoms with E-state index in [9.17, 15) is 13.2 Å². The molecule has 0 aromatic carbocycles. The van der Waals surface area contributed by atoms with Crippen molar-refractivity contribution in [2.75, 3.05) is 0 Å². The van der Waals surface area contributed by atoms with Gasteiger partial charge in [0, 0.05) is 0 Å². The molecule has 14 heavy (non-hydrogen) atoms. The SMILES string of the molecule is Cc1nc2cnc(C(F)(F)F)nc2[nH]1. The Morgan fingerprint density at radius 1 is 1.29 bits per heavy atom. The van der Waals surface area contributed by atoms with E-state index in [4.69, 9.17) is 0 Å². The van der Waals surface area contributed by atoms with Gasteiger partial charge in [0.2, 0.25) is 5.82 Å². The average molecular weight is 202 g/mol. The number of nitrogens with one attached hydrogen (secondary N) is 1. The van der Waals surface area contributed by atoms with Crippen LogP contribution in [0.1, 0.15) is 11.6 Å². The summed E-state index contributed by atoms with van der Waals surface area (Å²) in [5.74, 6) is -0.651. The first-order valence-corrected chi connectivity index (χ1v) is 3.73. The molecule has 0 atom stereocenters. The maximum Gasteiger partial charge on any atom is 0.451 e. The summed E-state index contributed by atoms with van der Waals surface area (Å²) in [5, 5.41) is 0. The number of H-pyrrole nitrogens is 1. The average Bonchev–Trinajstić information content (AvgIpc) is 2.41. The Morgan fingerprint density at radius 3 is 2.64 bits per heavy atom. The van der Waals surface area contributed by atoms with Crippen LogP contribution >= 0.6 is 0 Å². The molecule has 0 saturated carbocycles. The molecular weight excluding hydrogens is 197 g/mol. The van der Waals surface area contributed by atoms with Gasteiger partial charge in [0.05, 0.1) is 6.20 Å². The van der Waals surface area contributed by atoms with Gasteiger partial charge in [0.1, 0.15) is 11.3 Å². The van der Waals surface area contributed by atoms with Crippen molar-refractivity contribution in [2.45, 2.75) is 13.1 Å². The highest BCUT2D eigenvalue weighted by Crippen LogP contribution is 2.26. The third-order valence-corrected chi connectivity index (χ3v) is 1.61. The first-order valence-electron chi connectivity index (χ1n) is 3.73. The number of hydrogen-bond acceptors (Lipinski definition) is 3. The van der Waals surface area contributed by atoms with E-state index in [0.717, 1.165) is 6.20 Å². The summed E-state index contributed by atoms with van der Waals surface area (Å²) in [7, 11) is 0. The van der Waals surface area contributed by atoms with Gasteiger partial charge in [-0.2, -0.15) is 13.2 Å². The first kappa shape index (κ1) is 8.92. The Kier molecular flexibility index (Phi) is 1.70. The number of imidazole rings is 1. The molecule has 2 aromatic heterocycles. The van der Waals surface area contributed by atoms with Gasteiger partial charge in [-0.1, -0.05) is 0 Å². The highest BCUT2D eigenvalue weighted by molar-refractivity contribution is 5.69. The van der Waals surface area contributed by atoms with Crippen LogP contribution in [-0.2, 0) is 6.18 Å². The Morgan fingerprint density at radius 2 is 2.00 bits per heavy atom. The summed E-state index contributed by atoms with van der Waals surface area (Å²) >= 11 is 0. The molecule has 2 rings (SSSR count). The fourth-order valence-corrected chi connectivity index (χ4v) is 1.07. The Balaban J connectivity index is 2.62. The van der Waals surface area contributed by atoms with Crippen LogP contribution in [0.15, 0.2) is 6.20 Å². The quantitative estimate of drug-likeness (QED) is 0.707. The van der Waals surface area contributed by atoms with E-state index in [1.54, 1.807) is 6.92 Å². The van der Waals surface area contributed by atoms with Crippen LogP contribution in [0.25, 0.3) is 11.2 Å². The fourth-order valence-electron chi connectivity index (χ4n) is 1.07. The minimum Gasteiger partial charge on any atom is -0.327 e. The summed E-state index contributed by atoms with van der Waals surface area (Å²) < 4.78 is 36.5. The number of aromatic amines is 1. The molecular formula is C7H5F3N4. The van der Waals surface area contributed by atoms with Gasteiger partial charge in [-0.05, 0) is 6.92 Å². The molecule has 0 saturated heterocycles. The smallest absolute Gasteiger partial charge is 0.327 e. The second-order valence-corrected chi connectivity index (χ2v) is 2.75. The zero-order valence-electron chi connectivity index (χ0n) is 7.05. The maximum atomic E-state index is 12.2. The normalized spacial score (nSPS) is 12.3. The van der Waals surface area contributed by atoms with Crippen LogP contribution in [0.5, 0.6) is 0 Å². The molecule has 2 aromatic rings. The van der Waals surface area contributed by atoms with Crippen molar-refractivity contribution >= 4 is 11.2 Å². The molecule has 0 radical (unpaired) electrons. The highest BCUT2D eigenvalue weighted by atomic mass is 19.4. The van der Waals surface area contributed by atoms with E-state index in [0.29, 0.717) is 11.3 Å².